The molecule has 0 aromatic heterocycles. The van der Waals surface area contributed by atoms with Crippen molar-refractivity contribution in [3.05, 3.63) is 94.0 Å². The fourth-order valence-corrected chi connectivity index (χ4v) is 4.56. The summed E-state index contributed by atoms with van der Waals surface area (Å²) < 4.78 is 10.6. The first kappa shape index (κ1) is 27.3. The highest BCUT2D eigenvalue weighted by Crippen LogP contribution is 2.39. The van der Waals surface area contributed by atoms with Crippen molar-refractivity contribution in [3.63, 3.8) is 0 Å². The van der Waals surface area contributed by atoms with Gasteiger partial charge in [0.05, 0.1) is 16.7 Å². The minimum Gasteiger partial charge on any atom is -0.508 e. The Morgan fingerprint density at radius 3 is 2.42 bits per heavy atom. The summed E-state index contributed by atoms with van der Waals surface area (Å²) in [6.07, 6.45) is 0. The first-order valence-electron chi connectivity index (χ1n) is 11.9. The van der Waals surface area contributed by atoms with E-state index in [0.717, 1.165) is 10.9 Å². The van der Waals surface area contributed by atoms with Gasteiger partial charge in [-0.1, -0.05) is 65.7 Å². The summed E-state index contributed by atoms with van der Waals surface area (Å²) in [5, 5.41) is 18.9. The summed E-state index contributed by atoms with van der Waals surface area (Å²) in [5.74, 6) is -1.27. The first-order valence-corrected chi connectivity index (χ1v) is 12.7. The van der Waals surface area contributed by atoms with Crippen LogP contribution in [-0.2, 0) is 20.9 Å². The number of phenolic OH excluding ortho intramolecular Hbond substituents is 1. The van der Waals surface area contributed by atoms with Gasteiger partial charge in [-0.15, -0.1) is 0 Å². The van der Waals surface area contributed by atoms with E-state index in [-0.39, 0.29) is 39.9 Å². The van der Waals surface area contributed by atoms with Crippen LogP contribution in [0.2, 0.25) is 10.0 Å². The third-order valence-electron chi connectivity index (χ3n) is 5.88. The lowest BCUT2D eigenvalue weighted by Crippen LogP contribution is -2.24. The van der Waals surface area contributed by atoms with Crippen LogP contribution in [0.4, 0.5) is 5.69 Å². The third kappa shape index (κ3) is 6.37. The van der Waals surface area contributed by atoms with Crippen LogP contribution in [0.15, 0.2) is 72.8 Å². The van der Waals surface area contributed by atoms with Crippen molar-refractivity contribution in [2.45, 2.75) is 26.4 Å². The van der Waals surface area contributed by atoms with Crippen molar-refractivity contribution in [1.82, 2.24) is 5.32 Å². The molecule has 0 saturated carbocycles. The maximum atomic E-state index is 11.9. The highest BCUT2D eigenvalue weighted by Gasteiger charge is 2.18. The Hall–Kier alpha value is -3.78. The molecule has 0 aliphatic carbocycles. The molecule has 196 valence electrons. The molecule has 0 spiro atoms. The smallest absolute Gasteiger partial charge is 0.397 e. The Kier molecular flexibility index (Phi) is 8.73. The molecule has 4 rings (SSSR count). The number of esters is 1. The van der Waals surface area contributed by atoms with Gasteiger partial charge in [-0.2, -0.15) is 0 Å². The van der Waals surface area contributed by atoms with Gasteiger partial charge in [0.15, 0.2) is 5.75 Å². The average molecular weight is 553 g/mol. The number of hydrogen-bond acceptors (Lipinski definition) is 6. The molecule has 9 heteroatoms. The molecule has 1 amide bonds. The van der Waals surface area contributed by atoms with E-state index in [1.807, 2.05) is 18.2 Å². The van der Waals surface area contributed by atoms with Crippen LogP contribution >= 0.6 is 23.2 Å². The maximum absolute atomic E-state index is 11.9. The zero-order valence-electron chi connectivity index (χ0n) is 20.8. The normalized spacial score (nSPS) is 11.7. The van der Waals surface area contributed by atoms with Crippen LogP contribution in [0.1, 0.15) is 31.0 Å². The summed E-state index contributed by atoms with van der Waals surface area (Å²) >= 11 is 12.7. The molecule has 4 aromatic rings. The first-order chi connectivity index (χ1) is 18.3. The van der Waals surface area contributed by atoms with Gasteiger partial charge in [0, 0.05) is 23.8 Å². The lowest BCUT2D eigenvalue weighted by atomic mass is 9.99. The van der Waals surface area contributed by atoms with Crippen LogP contribution in [0.3, 0.4) is 0 Å². The summed E-state index contributed by atoms with van der Waals surface area (Å²) in [4.78, 5) is 23.5. The zero-order chi connectivity index (χ0) is 27.2. The number of carbonyl (C=O) groups excluding carboxylic acids is 2. The number of ether oxygens (including phenoxy) is 2. The number of nitrogens with one attached hydrogen (secondary N) is 2. The Bertz CT molecular complexity index is 1460. The van der Waals surface area contributed by atoms with Gasteiger partial charge in [-0.3, -0.25) is 4.79 Å². The highest BCUT2D eigenvalue weighted by molar-refractivity contribution is 6.39. The van der Waals surface area contributed by atoms with E-state index >= 15 is 0 Å². The summed E-state index contributed by atoms with van der Waals surface area (Å²) in [7, 11) is 0. The molecule has 0 aliphatic rings. The lowest BCUT2D eigenvalue weighted by molar-refractivity contribution is -0.152. The Morgan fingerprint density at radius 2 is 1.68 bits per heavy atom. The van der Waals surface area contributed by atoms with Crippen LogP contribution in [0.5, 0.6) is 17.2 Å². The Morgan fingerprint density at radius 1 is 0.974 bits per heavy atom. The van der Waals surface area contributed by atoms with Crippen LogP contribution < -0.4 is 15.4 Å². The predicted octanol–water partition coefficient (Wildman–Crippen LogP) is 7.00. The molecule has 0 fully saturated rings. The van der Waals surface area contributed by atoms with E-state index < -0.39 is 11.9 Å². The van der Waals surface area contributed by atoms with Crippen molar-refractivity contribution in [2.75, 3.05) is 11.9 Å². The van der Waals surface area contributed by atoms with E-state index in [9.17, 15) is 14.7 Å². The second-order valence-electron chi connectivity index (χ2n) is 8.51. The minimum atomic E-state index is -1.01. The fraction of sp³-hybridized carbons (Fsp3) is 0.172. The van der Waals surface area contributed by atoms with Crippen molar-refractivity contribution in [2.24, 2.45) is 0 Å². The topological polar surface area (TPSA) is 96.9 Å². The van der Waals surface area contributed by atoms with Crippen LogP contribution in [0, 0.1) is 0 Å². The number of hydrogen-bond donors (Lipinski definition) is 3. The lowest BCUT2D eigenvalue weighted by Gasteiger charge is -2.18. The predicted molar refractivity (Wildman–Crippen MR) is 149 cm³/mol. The molecule has 7 nitrogen and oxygen atoms in total. The molecule has 4 aromatic carbocycles. The van der Waals surface area contributed by atoms with Gasteiger partial charge in [0.2, 0.25) is 0 Å². The Balaban J connectivity index is 1.47. The summed E-state index contributed by atoms with van der Waals surface area (Å²) in [6, 6.07) is 22.1. The molecule has 1 atom stereocenters. The molecular weight excluding hydrogens is 527 g/mol. The summed E-state index contributed by atoms with van der Waals surface area (Å²) in [5.41, 5.74) is 1.99. The second kappa shape index (κ2) is 12.2. The van der Waals surface area contributed by atoms with E-state index in [0.29, 0.717) is 17.9 Å². The van der Waals surface area contributed by atoms with Crippen LogP contribution in [0.25, 0.3) is 10.8 Å². The number of phenols is 1. The molecule has 3 N–H and O–H groups in total. The fourth-order valence-electron chi connectivity index (χ4n) is 3.99. The number of aromatic hydroxyl groups is 1. The number of rotatable bonds is 8. The number of carbonyl (C=O) groups is 2. The zero-order valence-corrected chi connectivity index (χ0v) is 22.3. The van der Waals surface area contributed by atoms with E-state index in [1.54, 1.807) is 19.1 Å². The molecule has 0 radical (unpaired) electrons. The van der Waals surface area contributed by atoms with E-state index in [4.69, 9.17) is 27.9 Å². The van der Waals surface area contributed by atoms with Gasteiger partial charge in [-0.25, -0.2) is 4.79 Å². The van der Waals surface area contributed by atoms with Crippen molar-refractivity contribution in [1.29, 1.82) is 0 Å². The van der Waals surface area contributed by atoms with Crippen molar-refractivity contribution in [3.8, 4) is 17.2 Å². The number of benzene rings is 4. The van der Waals surface area contributed by atoms with Gasteiger partial charge in [0.25, 0.3) is 0 Å². The molecular formula is C29H26Cl2N2O5. The van der Waals surface area contributed by atoms with Crippen molar-refractivity contribution >= 4 is 51.5 Å². The number of anilines is 1. The molecule has 0 heterocycles. The van der Waals surface area contributed by atoms with Gasteiger partial charge < -0.3 is 25.2 Å². The third-order valence-corrected chi connectivity index (χ3v) is 6.44. The second-order valence-corrected chi connectivity index (χ2v) is 9.32. The average Bonchev–Trinajstić information content (AvgIpc) is 2.90. The van der Waals surface area contributed by atoms with Crippen molar-refractivity contribution < 1.29 is 24.2 Å². The number of halogens is 2. The molecule has 38 heavy (non-hydrogen) atoms. The van der Waals surface area contributed by atoms with E-state index in [1.165, 1.54) is 23.6 Å². The molecule has 0 saturated heterocycles. The molecule has 0 bridgehead atoms. The summed E-state index contributed by atoms with van der Waals surface area (Å²) in [6.45, 7) is 4.13. The minimum absolute atomic E-state index is 0.0197. The van der Waals surface area contributed by atoms with Crippen LogP contribution in [-0.4, -0.2) is 23.6 Å². The number of fused-ring (bicyclic) bond motifs is 1. The quantitative estimate of drug-likeness (QED) is 0.161. The molecule has 0 unspecified atom stereocenters. The largest absolute Gasteiger partial charge is 0.508 e. The number of amides is 1. The van der Waals surface area contributed by atoms with Gasteiger partial charge in [0.1, 0.15) is 11.5 Å². The SMILES string of the molecule is CCOC(=O)C(=O)Nc1cc(Cl)c(Oc2ccc(O)c(CN[C@H](C)c3cccc4ccccc34)c2)c(Cl)c1. The van der Waals surface area contributed by atoms with Gasteiger partial charge >= 0.3 is 11.9 Å². The maximum Gasteiger partial charge on any atom is 0.397 e. The van der Waals surface area contributed by atoms with Gasteiger partial charge in [-0.05, 0) is 60.5 Å². The standard InChI is InChI=1S/C29H26Cl2N2O5/c1-3-37-29(36)28(35)33-20-14-24(30)27(25(31)15-20)38-21-11-12-26(34)19(13-21)16-32-17(2)22-10-6-8-18-7-4-5-9-23(18)22/h4-15,17,32,34H,3,16H2,1-2H3,(H,33,35)/t17-/m1/s1. The Labute approximate surface area is 230 Å². The van der Waals surface area contributed by atoms with E-state index in [2.05, 4.69) is 46.6 Å². The highest BCUT2D eigenvalue weighted by atomic mass is 35.5. The molecule has 0 aliphatic heterocycles. The monoisotopic (exact) mass is 552 g/mol.